The van der Waals surface area contributed by atoms with E-state index in [1.54, 1.807) is 12.4 Å². The molecule has 2 rings (SSSR count). The molecule has 8 heteroatoms. The first-order valence-corrected chi connectivity index (χ1v) is 7.48. The molecule has 7 nitrogen and oxygen atoms in total. The summed E-state index contributed by atoms with van der Waals surface area (Å²) >= 11 is 0. The molecule has 0 saturated carbocycles. The van der Waals surface area contributed by atoms with Gasteiger partial charge < -0.3 is 5.73 Å². The van der Waals surface area contributed by atoms with Crippen LogP contribution in [0.4, 0.5) is 0 Å². The van der Waals surface area contributed by atoms with Crippen LogP contribution in [0.25, 0.3) is 0 Å². The van der Waals surface area contributed by atoms with Crippen molar-refractivity contribution in [1.82, 2.24) is 19.2 Å². The van der Waals surface area contributed by atoms with Crippen molar-refractivity contribution in [1.29, 1.82) is 0 Å². The average molecular weight is 273 g/mol. The highest BCUT2D eigenvalue weighted by molar-refractivity contribution is 7.87. The van der Waals surface area contributed by atoms with E-state index in [2.05, 4.69) is 14.9 Å². The number of nitrogens with zero attached hydrogens (tertiary/aromatic N) is 2. The molecule has 1 fully saturated rings. The summed E-state index contributed by atoms with van der Waals surface area (Å²) < 4.78 is 28.1. The summed E-state index contributed by atoms with van der Waals surface area (Å²) in [7, 11) is -3.39. The summed E-state index contributed by atoms with van der Waals surface area (Å²) in [6.45, 7) is 1.98. The summed E-state index contributed by atoms with van der Waals surface area (Å²) in [6, 6.07) is 0. The lowest BCUT2D eigenvalue weighted by atomic mass is 9.99. The van der Waals surface area contributed by atoms with Gasteiger partial charge in [0.15, 0.2) is 0 Å². The monoisotopic (exact) mass is 273 g/mol. The Morgan fingerprint density at radius 1 is 1.50 bits per heavy atom. The van der Waals surface area contributed by atoms with Gasteiger partial charge in [-0.15, -0.1) is 0 Å². The zero-order valence-electron chi connectivity index (χ0n) is 10.2. The van der Waals surface area contributed by atoms with Gasteiger partial charge in [0.05, 0.1) is 6.20 Å². The van der Waals surface area contributed by atoms with Crippen LogP contribution in [-0.2, 0) is 16.8 Å². The van der Waals surface area contributed by atoms with E-state index in [9.17, 15) is 8.42 Å². The van der Waals surface area contributed by atoms with Crippen LogP contribution in [-0.4, -0.2) is 42.6 Å². The molecule has 1 aliphatic rings. The maximum absolute atomic E-state index is 12.0. The van der Waals surface area contributed by atoms with Crippen molar-refractivity contribution in [3.8, 4) is 0 Å². The molecular formula is C10H19N5O2S. The molecule has 0 atom stereocenters. The Kier molecular flexibility index (Phi) is 4.33. The first kappa shape index (κ1) is 13.5. The van der Waals surface area contributed by atoms with Crippen LogP contribution in [0.2, 0.25) is 0 Å². The summed E-state index contributed by atoms with van der Waals surface area (Å²) in [6.07, 6.45) is 4.94. The predicted octanol–water partition coefficient (Wildman–Crippen LogP) is -0.585. The molecule has 1 saturated heterocycles. The number of piperidine rings is 1. The Labute approximate surface area is 107 Å². The van der Waals surface area contributed by atoms with E-state index < -0.39 is 10.2 Å². The number of hydrogen-bond acceptors (Lipinski definition) is 4. The van der Waals surface area contributed by atoms with Gasteiger partial charge in [-0.2, -0.15) is 22.5 Å². The van der Waals surface area contributed by atoms with E-state index >= 15 is 0 Å². The molecular weight excluding hydrogens is 254 g/mol. The molecule has 2 heterocycles. The molecule has 0 bridgehead atoms. The topological polar surface area (TPSA) is 104 Å². The molecule has 102 valence electrons. The minimum Gasteiger partial charge on any atom is -0.330 e. The van der Waals surface area contributed by atoms with Crippen LogP contribution in [0, 0.1) is 5.92 Å². The van der Waals surface area contributed by atoms with Crippen molar-refractivity contribution < 1.29 is 8.42 Å². The van der Waals surface area contributed by atoms with Gasteiger partial charge in [-0.3, -0.25) is 5.10 Å². The predicted molar refractivity (Wildman–Crippen MR) is 67.7 cm³/mol. The van der Waals surface area contributed by atoms with E-state index in [4.69, 9.17) is 5.73 Å². The Balaban J connectivity index is 1.87. The number of nitrogens with one attached hydrogen (secondary N) is 2. The van der Waals surface area contributed by atoms with Gasteiger partial charge in [-0.25, -0.2) is 0 Å². The Morgan fingerprint density at radius 2 is 2.22 bits per heavy atom. The molecule has 0 amide bonds. The number of H-pyrrole nitrogens is 1. The molecule has 1 aromatic rings. The van der Waals surface area contributed by atoms with Crippen LogP contribution >= 0.6 is 0 Å². The number of rotatable bonds is 5. The van der Waals surface area contributed by atoms with Gasteiger partial charge in [-0.05, 0) is 25.3 Å². The fourth-order valence-corrected chi connectivity index (χ4v) is 3.25. The van der Waals surface area contributed by atoms with Gasteiger partial charge in [0.1, 0.15) is 0 Å². The molecule has 0 spiro atoms. The summed E-state index contributed by atoms with van der Waals surface area (Å²) in [5, 5.41) is 6.42. The third kappa shape index (κ3) is 3.29. The SMILES string of the molecule is NCC1CCN(S(=O)(=O)NCc2cn[nH]c2)CC1. The zero-order valence-corrected chi connectivity index (χ0v) is 11.0. The number of hydrogen-bond donors (Lipinski definition) is 3. The molecule has 4 N–H and O–H groups in total. The van der Waals surface area contributed by atoms with Crippen LogP contribution in [0.1, 0.15) is 18.4 Å². The van der Waals surface area contributed by atoms with E-state index in [0.29, 0.717) is 25.6 Å². The number of nitrogens with two attached hydrogens (primary N) is 1. The Bertz CT molecular complexity index is 451. The van der Waals surface area contributed by atoms with Crippen molar-refractivity contribution in [2.75, 3.05) is 19.6 Å². The molecule has 1 aliphatic heterocycles. The minimum absolute atomic E-state index is 0.260. The van der Waals surface area contributed by atoms with Gasteiger partial charge in [-0.1, -0.05) is 0 Å². The van der Waals surface area contributed by atoms with Crippen LogP contribution in [0.5, 0.6) is 0 Å². The highest BCUT2D eigenvalue weighted by Gasteiger charge is 2.26. The third-order valence-corrected chi connectivity index (χ3v) is 4.81. The molecule has 1 aromatic heterocycles. The lowest BCUT2D eigenvalue weighted by molar-refractivity contribution is 0.275. The quantitative estimate of drug-likeness (QED) is 0.667. The van der Waals surface area contributed by atoms with Gasteiger partial charge in [0.25, 0.3) is 10.2 Å². The highest BCUT2D eigenvalue weighted by atomic mass is 32.2. The van der Waals surface area contributed by atoms with Gasteiger partial charge >= 0.3 is 0 Å². The van der Waals surface area contributed by atoms with E-state index in [1.165, 1.54) is 4.31 Å². The van der Waals surface area contributed by atoms with Crippen molar-refractivity contribution in [2.45, 2.75) is 19.4 Å². The fraction of sp³-hybridized carbons (Fsp3) is 0.700. The summed E-state index contributed by atoms with van der Waals surface area (Å²) in [5.41, 5.74) is 6.40. The van der Waals surface area contributed by atoms with Crippen LogP contribution < -0.4 is 10.5 Å². The second-order valence-electron chi connectivity index (χ2n) is 4.51. The summed E-state index contributed by atoms with van der Waals surface area (Å²) in [4.78, 5) is 0. The number of aromatic amines is 1. The first-order valence-electron chi connectivity index (χ1n) is 6.04. The lowest BCUT2D eigenvalue weighted by Gasteiger charge is -2.30. The van der Waals surface area contributed by atoms with E-state index in [-0.39, 0.29) is 6.54 Å². The molecule has 0 radical (unpaired) electrons. The van der Waals surface area contributed by atoms with E-state index in [0.717, 1.165) is 18.4 Å². The largest absolute Gasteiger partial charge is 0.330 e. The highest BCUT2D eigenvalue weighted by Crippen LogP contribution is 2.17. The van der Waals surface area contributed by atoms with Crippen LogP contribution in [0.3, 0.4) is 0 Å². The average Bonchev–Trinajstić information content (AvgIpc) is 2.90. The maximum atomic E-state index is 12.0. The first-order chi connectivity index (χ1) is 8.62. The maximum Gasteiger partial charge on any atom is 0.279 e. The molecule has 18 heavy (non-hydrogen) atoms. The Morgan fingerprint density at radius 3 is 2.78 bits per heavy atom. The molecule has 0 aliphatic carbocycles. The van der Waals surface area contributed by atoms with Crippen molar-refractivity contribution in [3.63, 3.8) is 0 Å². The fourth-order valence-electron chi connectivity index (χ4n) is 2.03. The normalized spacial score (nSPS) is 19.2. The van der Waals surface area contributed by atoms with Crippen molar-refractivity contribution in [3.05, 3.63) is 18.0 Å². The van der Waals surface area contributed by atoms with E-state index in [1.807, 2.05) is 0 Å². The number of aromatic nitrogens is 2. The summed E-state index contributed by atoms with van der Waals surface area (Å²) in [5.74, 6) is 0.449. The smallest absolute Gasteiger partial charge is 0.279 e. The molecule has 0 unspecified atom stereocenters. The molecule has 0 aromatic carbocycles. The third-order valence-electron chi connectivity index (χ3n) is 3.26. The zero-order chi connectivity index (χ0) is 13.0. The second kappa shape index (κ2) is 5.79. The van der Waals surface area contributed by atoms with Crippen molar-refractivity contribution in [2.24, 2.45) is 11.7 Å². The minimum atomic E-state index is -3.39. The van der Waals surface area contributed by atoms with Gasteiger partial charge in [0, 0.05) is 31.4 Å². The van der Waals surface area contributed by atoms with Crippen molar-refractivity contribution >= 4 is 10.2 Å². The Hall–Kier alpha value is -0.960. The lowest BCUT2D eigenvalue weighted by Crippen LogP contribution is -2.45. The van der Waals surface area contributed by atoms with Gasteiger partial charge in [0.2, 0.25) is 0 Å². The standard InChI is InChI=1S/C10H19N5O2S/c11-5-9-1-3-15(4-2-9)18(16,17)14-8-10-6-12-13-7-10/h6-7,9,14H,1-5,8,11H2,(H,12,13). The van der Waals surface area contributed by atoms with Crippen LogP contribution in [0.15, 0.2) is 12.4 Å². The second-order valence-corrected chi connectivity index (χ2v) is 6.27.